The van der Waals surface area contributed by atoms with Crippen molar-refractivity contribution in [1.82, 2.24) is 0 Å². The van der Waals surface area contributed by atoms with Crippen molar-refractivity contribution in [2.24, 2.45) is 5.73 Å². The molecule has 10 heteroatoms. The van der Waals surface area contributed by atoms with Gasteiger partial charge in [-0.05, 0) is 48.2 Å². The first-order valence-electron chi connectivity index (χ1n) is 8.19. The minimum absolute atomic E-state index is 0. The Morgan fingerprint density at radius 3 is 2.00 bits per heavy atom. The molecule has 2 amide bonds. The molecule has 3 rings (SSSR count). The number of benzene rings is 2. The first kappa shape index (κ1) is 27.5. The normalized spacial score (nSPS) is 16.2. The zero-order valence-corrected chi connectivity index (χ0v) is 23.2. The van der Waals surface area contributed by atoms with Crippen LogP contribution in [0.1, 0.15) is 11.1 Å². The second kappa shape index (κ2) is 13.1. The van der Waals surface area contributed by atoms with Crippen molar-refractivity contribution in [2.45, 2.75) is 24.1 Å². The van der Waals surface area contributed by atoms with E-state index in [9.17, 15) is 19.5 Å². The van der Waals surface area contributed by atoms with E-state index in [4.69, 9.17) is 10.5 Å². The van der Waals surface area contributed by atoms with Gasteiger partial charge in [0.25, 0.3) is 0 Å². The number of carboxylic acid groups (broad SMARTS) is 1. The largest absolute Gasteiger partial charge is 1.00 e. The number of imide groups is 1. The van der Waals surface area contributed by atoms with Gasteiger partial charge in [-0.15, -0.1) is 0 Å². The van der Waals surface area contributed by atoms with Gasteiger partial charge in [0.05, 0.1) is 17.1 Å². The first-order chi connectivity index (χ1) is 12.9. The van der Waals surface area contributed by atoms with Crippen molar-refractivity contribution in [3.63, 3.8) is 0 Å². The maximum Gasteiger partial charge on any atom is 1.00 e. The van der Waals surface area contributed by atoms with Gasteiger partial charge >= 0.3 is 103 Å². The Hall–Kier alpha value is 0.433. The Labute approximate surface area is 257 Å². The Kier molecular flexibility index (Phi) is 12.4. The van der Waals surface area contributed by atoms with Gasteiger partial charge in [-0.3, -0.25) is 0 Å². The molecule has 7 nitrogen and oxygen atoms in total. The minimum Gasteiger partial charge on any atom is -0.585 e. The van der Waals surface area contributed by atoms with Crippen LogP contribution in [0.5, 0.6) is 11.5 Å². The molecule has 1 fully saturated rings. The number of ether oxygens (including phenoxy) is 1. The maximum absolute atomic E-state index is 11.6. The zero-order chi connectivity index (χ0) is 19.4. The molecule has 0 saturated carbocycles. The molecule has 140 valence electrons. The van der Waals surface area contributed by atoms with Gasteiger partial charge in [-0.25, -0.2) is 0 Å². The summed E-state index contributed by atoms with van der Waals surface area (Å²) in [6.07, 6.45) is 0.621. The molecular formula is C19H16K2N2O5S. The maximum atomic E-state index is 11.6. The molecule has 2 N–H and O–H groups in total. The molecule has 2 aromatic carbocycles. The van der Waals surface area contributed by atoms with Crippen molar-refractivity contribution in [1.29, 1.82) is 0 Å². The fourth-order valence-corrected chi connectivity index (χ4v) is 3.38. The number of carbonyl (C=O) groups excluding carboxylic acids is 3. The predicted octanol–water partition coefficient (Wildman–Crippen LogP) is -4.22. The van der Waals surface area contributed by atoms with Crippen molar-refractivity contribution in [3.05, 3.63) is 65.0 Å². The van der Waals surface area contributed by atoms with Gasteiger partial charge in [-0.2, -0.15) is 0 Å². The van der Waals surface area contributed by atoms with Crippen LogP contribution in [0.15, 0.2) is 48.5 Å². The Balaban J connectivity index is 0.00000210. The molecule has 1 saturated heterocycles. The van der Waals surface area contributed by atoms with E-state index >= 15 is 0 Å². The number of carboxylic acids is 1. The van der Waals surface area contributed by atoms with Gasteiger partial charge in [-0.1, -0.05) is 36.0 Å². The van der Waals surface area contributed by atoms with E-state index in [-0.39, 0.29) is 115 Å². The summed E-state index contributed by atoms with van der Waals surface area (Å²) in [6.45, 7) is 0. The van der Waals surface area contributed by atoms with Crippen LogP contribution < -0.4 is 118 Å². The van der Waals surface area contributed by atoms with Crippen LogP contribution >= 0.6 is 11.8 Å². The third-order valence-electron chi connectivity index (χ3n) is 3.98. The van der Waals surface area contributed by atoms with E-state index in [0.717, 1.165) is 22.9 Å². The number of carbonyl (C=O) groups is 3. The van der Waals surface area contributed by atoms with Crippen molar-refractivity contribution in [2.75, 3.05) is 0 Å². The molecule has 0 aromatic heterocycles. The Morgan fingerprint density at radius 2 is 1.55 bits per heavy atom. The molecule has 0 radical (unpaired) electrons. The monoisotopic (exact) mass is 462 g/mol. The molecule has 1 aliphatic heterocycles. The van der Waals surface area contributed by atoms with Crippen LogP contribution in [-0.2, 0) is 22.4 Å². The van der Waals surface area contributed by atoms with Crippen LogP contribution in [0.2, 0.25) is 0 Å². The van der Waals surface area contributed by atoms with E-state index in [1.54, 1.807) is 36.4 Å². The van der Waals surface area contributed by atoms with Crippen molar-refractivity contribution in [3.8, 4) is 11.5 Å². The number of thioether (sulfide) groups is 1. The number of rotatable bonds is 7. The Morgan fingerprint density at radius 1 is 1.03 bits per heavy atom. The quantitative estimate of drug-likeness (QED) is 0.414. The number of amides is 2. The third-order valence-corrected chi connectivity index (χ3v) is 4.93. The van der Waals surface area contributed by atoms with E-state index in [0.29, 0.717) is 17.9 Å². The number of hydrogen-bond acceptors (Lipinski definition) is 7. The van der Waals surface area contributed by atoms with Crippen LogP contribution in [0.4, 0.5) is 4.79 Å². The van der Waals surface area contributed by atoms with E-state index in [2.05, 4.69) is 5.32 Å². The zero-order valence-electron chi connectivity index (χ0n) is 16.2. The summed E-state index contributed by atoms with van der Waals surface area (Å²) in [5.41, 5.74) is 7.14. The molecule has 0 aliphatic carbocycles. The number of aliphatic carboxylic acids is 1. The van der Waals surface area contributed by atoms with E-state index in [1.807, 2.05) is 12.1 Å². The SMILES string of the molecule is N[C@@H](Cc1ccc(Oc2ccc(CC3SC(=O)[N-]C3=O)cc2)cc1)C(=O)[O-].[K+].[K+]. The molecule has 1 heterocycles. The average molecular weight is 463 g/mol. The van der Waals surface area contributed by atoms with Crippen molar-refractivity contribution >= 4 is 28.9 Å². The van der Waals surface area contributed by atoms with Gasteiger partial charge in [0.1, 0.15) is 16.7 Å². The Bertz CT molecular complexity index is 862. The predicted molar refractivity (Wildman–Crippen MR) is 98.5 cm³/mol. The summed E-state index contributed by atoms with van der Waals surface area (Å²) in [6, 6.07) is 13.1. The topological polar surface area (TPSA) is 124 Å². The molecular weight excluding hydrogens is 446 g/mol. The fraction of sp³-hybridized carbons (Fsp3) is 0.211. The summed E-state index contributed by atoms with van der Waals surface area (Å²) >= 11 is 0.947. The average Bonchev–Trinajstić information content (AvgIpc) is 2.95. The van der Waals surface area contributed by atoms with Gasteiger partial charge in [0.15, 0.2) is 0 Å². The third kappa shape index (κ3) is 8.47. The molecule has 29 heavy (non-hydrogen) atoms. The van der Waals surface area contributed by atoms with E-state index < -0.39 is 22.5 Å². The van der Waals surface area contributed by atoms with Crippen molar-refractivity contribution < 1.29 is 127 Å². The van der Waals surface area contributed by atoms with Crippen LogP contribution in [0, 0.1) is 0 Å². The second-order valence-electron chi connectivity index (χ2n) is 6.05. The van der Waals surface area contributed by atoms with E-state index in [1.165, 1.54) is 0 Å². The molecule has 1 aliphatic rings. The summed E-state index contributed by atoms with van der Waals surface area (Å²) in [5, 5.41) is 13.2. The number of hydrogen-bond donors (Lipinski definition) is 1. The summed E-state index contributed by atoms with van der Waals surface area (Å²) in [4.78, 5) is 33.4. The number of nitrogens with two attached hydrogens (primary N) is 1. The molecule has 0 spiro atoms. The smallest absolute Gasteiger partial charge is 0.585 e. The van der Waals surface area contributed by atoms with Crippen LogP contribution in [0.25, 0.3) is 5.32 Å². The van der Waals surface area contributed by atoms with Gasteiger partial charge in [0, 0.05) is 6.04 Å². The summed E-state index contributed by atoms with van der Waals surface area (Å²) < 4.78 is 5.74. The molecule has 0 bridgehead atoms. The summed E-state index contributed by atoms with van der Waals surface area (Å²) in [5.74, 6) is -0.460. The van der Waals surface area contributed by atoms with Gasteiger partial charge in [0.2, 0.25) is 0 Å². The molecule has 1 unspecified atom stereocenters. The van der Waals surface area contributed by atoms with Crippen LogP contribution in [0.3, 0.4) is 0 Å². The first-order valence-corrected chi connectivity index (χ1v) is 9.07. The minimum atomic E-state index is -1.29. The van der Waals surface area contributed by atoms with Crippen LogP contribution in [-0.4, -0.2) is 28.4 Å². The molecule has 2 atom stereocenters. The molecule has 2 aromatic rings. The fourth-order valence-electron chi connectivity index (χ4n) is 2.56. The second-order valence-corrected chi connectivity index (χ2v) is 7.20. The summed E-state index contributed by atoms with van der Waals surface area (Å²) in [7, 11) is 0. The number of nitrogens with zero attached hydrogens (tertiary/aromatic N) is 1. The van der Waals surface area contributed by atoms with Gasteiger partial charge < -0.3 is 35.3 Å². The standard InChI is InChI=1S/C19H18N2O5S.2K/c20-15(18(23)24)9-11-1-5-13(6-2-11)26-14-7-3-12(4-8-14)10-16-17(22)21-19(25)27-16;;/h1-8,15-16H,9-10,20H2,(H2,21,22,23,24,25);;/q;2*+1/p-2/t15-,16?;;/m0../s1.